The number of phenolic OH excluding ortho intramolecular Hbond substituents is 1. The van der Waals surface area contributed by atoms with Crippen molar-refractivity contribution in [3.8, 4) is 11.5 Å². The number of aromatic hydroxyl groups is 1. The molecule has 1 aromatic heterocycles. The van der Waals surface area contributed by atoms with Crippen LogP contribution in [0.3, 0.4) is 0 Å². The van der Waals surface area contributed by atoms with Gasteiger partial charge in [0.1, 0.15) is 11.5 Å². The van der Waals surface area contributed by atoms with Gasteiger partial charge < -0.3 is 15.2 Å². The van der Waals surface area contributed by atoms with Crippen molar-refractivity contribution in [2.75, 3.05) is 7.11 Å². The lowest BCUT2D eigenvalue weighted by atomic mass is 10.1. The summed E-state index contributed by atoms with van der Waals surface area (Å²) >= 11 is 0. The van der Waals surface area contributed by atoms with Gasteiger partial charge in [0.25, 0.3) is 5.91 Å². The number of nitrogens with zero attached hydrogens (tertiary/aromatic N) is 2. The predicted octanol–water partition coefficient (Wildman–Crippen LogP) is 1.06. The molecule has 6 heteroatoms. The largest absolute Gasteiger partial charge is 0.507 e. The van der Waals surface area contributed by atoms with Crippen molar-refractivity contribution in [1.82, 2.24) is 15.1 Å². The molecule has 0 unspecified atom stereocenters. The molecule has 6 nitrogen and oxygen atoms in total. The maximum absolute atomic E-state index is 12.0. The maximum Gasteiger partial charge on any atom is 0.255 e. The maximum atomic E-state index is 12.0. The van der Waals surface area contributed by atoms with Crippen LogP contribution < -0.4 is 10.1 Å². The minimum absolute atomic E-state index is 0.0792. The summed E-state index contributed by atoms with van der Waals surface area (Å²) in [6.45, 7) is 0.351. The fraction of sp³-hybridized carbons (Fsp3) is 0.231. The molecular formula is C13H15N3O3. The molecule has 1 amide bonds. The number of carbonyl (C=O) groups excluding carboxylic acids is 1. The summed E-state index contributed by atoms with van der Waals surface area (Å²) in [6.07, 6.45) is 3.48. The smallest absolute Gasteiger partial charge is 0.255 e. The van der Waals surface area contributed by atoms with E-state index in [0.29, 0.717) is 12.3 Å². The Morgan fingerprint density at radius 3 is 2.95 bits per heavy atom. The third kappa shape index (κ3) is 3.04. The van der Waals surface area contributed by atoms with Gasteiger partial charge >= 0.3 is 0 Å². The monoisotopic (exact) mass is 261 g/mol. The van der Waals surface area contributed by atoms with Gasteiger partial charge in [-0.2, -0.15) is 5.10 Å². The van der Waals surface area contributed by atoms with Crippen LogP contribution in [0, 0.1) is 0 Å². The average molecular weight is 261 g/mol. The summed E-state index contributed by atoms with van der Waals surface area (Å²) in [6, 6.07) is 4.51. The highest BCUT2D eigenvalue weighted by Gasteiger charge is 2.12. The Morgan fingerprint density at radius 1 is 1.53 bits per heavy atom. The van der Waals surface area contributed by atoms with Crippen molar-refractivity contribution in [2.45, 2.75) is 6.54 Å². The summed E-state index contributed by atoms with van der Waals surface area (Å²) in [5, 5.41) is 16.4. The quantitative estimate of drug-likeness (QED) is 0.863. The molecule has 1 aromatic carbocycles. The summed E-state index contributed by atoms with van der Waals surface area (Å²) in [5.74, 6) is 0.0778. The minimum Gasteiger partial charge on any atom is -0.507 e. The molecule has 2 rings (SSSR count). The molecule has 0 aliphatic carbocycles. The first-order chi connectivity index (χ1) is 9.10. The molecule has 0 saturated heterocycles. The first kappa shape index (κ1) is 12.9. The standard InChI is InChI=1S/C13H15N3O3/c1-16-8-9(7-15-16)6-14-13(18)11-5-10(19-2)3-4-12(11)17/h3-5,7-8,17H,6H2,1-2H3,(H,14,18). The number of phenols is 1. The van der Waals surface area contributed by atoms with Crippen molar-refractivity contribution in [1.29, 1.82) is 0 Å². The van der Waals surface area contributed by atoms with Crippen LogP contribution in [0.15, 0.2) is 30.6 Å². The van der Waals surface area contributed by atoms with Crippen molar-refractivity contribution in [3.63, 3.8) is 0 Å². The fourth-order valence-corrected chi connectivity index (χ4v) is 1.66. The van der Waals surface area contributed by atoms with Crippen molar-refractivity contribution in [2.24, 2.45) is 7.05 Å². The number of hydrogen-bond acceptors (Lipinski definition) is 4. The number of aryl methyl sites for hydroxylation is 1. The Balaban J connectivity index is 2.07. The molecule has 0 atom stereocenters. The van der Waals surface area contributed by atoms with Crippen LogP contribution in [0.2, 0.25) is 0 Å². The van der Waals surface area contributed by atoms with Crippen LogP contribution in [-0.2, 0) is 13.6 Å². The molecule has 1 heterocycles. The second-order valence-corrected chi connectivity index (χ2v) is 4.09. The molecule has 0 radical (unpaired) electrons. The van der Waals surface area contributed by atoms with Gasteiger partial charge in [-0.15, -0.1) is 0 Å². The highest BCUT2D eigenvalue weighted by Crippen LogP contribution is 2.22. The third-order valence-corrected chi connectivity index (χ3v) is 2.66. The predicted molar refractivity (Wildman–Crippen MR) is 69.0 cm³/mol. The number of amides is 1. The van der Waals surface area contributed by atoms with Gasteiger partial charge in [0, 0.05) is 25.4 Å². The second kappa shape index (κ2) is 5.43. The van der Waals surface area contributed by atoms with Crippen LogP contribution in [-0.4, -0.2) is 27.9 Å². The number of methoxy groups -OCH3 is 1. The van der Waals surface area contributed by atoms with Gasteiger partial charge in [0.05, 0.1) is 18.9 Å². The number of nitrogens with one attached hydrogen (secondary N) is 1. The second-order valence-electron chi connectivity index (χ2n) is 4.09. The molecule has 0 aliphatic heterocycles. The van der Waals surface area contributed by atoms with Crippen LogP contribution in [0.4, 0.5) is 0 Å². The van der Waals surface area contributed by atoms with Crippen LogP contribution in [0.1, 0.15) is 15.9 Å². The van der Waals surface area contributed by atoms with Crippen molar-refractivity contribution < 1.29 is 14.6 Å². The Morgan fingerprint density at radius 2 is 2.32 bits per heavy atom. The van der Waals surface area contributed by atoms with E-state index in [9.17, 15) is 9.90 Å². The molecule has 0 aliphatic rings. The summed E-state index contributed by atoms with van der Waals surface area (Å²) < 4.78 is 6.68. The Hall–Kier alpha value is -2.50. The molecule has 100 valence electrons. The molecule has 0 fully saturated rings. The molecule has 0 bridgehead atoms. The highest BCUT2D eigenvalue weighted by molar-refractivity contribution is 5.97. The van der Waals surface area contributed by atoms with E-state index in [1.807, 2.05) is 6.20 Å². The Kier molecular flexibility index (Phi) is 3.70. The van der Waals surface area contributed by atoms with E-state index in [1.165, 1.54) is 19.2 Å². The lowest BCUT2D eigenvalue weighted by Crippen LogP contribution is -2.22. The van der Waals surface area contributed by atoms with Crippen molar-refractivity contribution in [3.05, 3.63) is 41.7 Å². The topological polar surface area (TPSA) is 76.4 Å². The third-order valence-electron chi connectivity index (χ3n) is 2.66. The van der Waals surface area contributed by atoms with E-state index < -0.39 is 0 Å². The lowest BCUT2D eigenvalue weighted by molar-refractivity contribution is 0.0948. The van der Waals surface area contributed by atoms with E-state index in [4.69, 9.17) is 4.74 Å². The van der Waals surface area contributed by atoms with Gasteiger partial charge in [-0.3, -0.25) is 9.48 Å². The van der Waals surface area contributed by atoms with E-state index in [1.54, 1.807) is 24.0 Å². The summed E-state index contributed by atoms with van der Waals surface area (Å²) in [4.78, 5) is 12.0. The van der Waals surface area contributed by atoms with Gasteiger partial charge in [0.15, 0.2) is 0 Å². The van der Waals surface area contributed by atoms with E-state index in [0.717, 1.165) is 5.56 Å². The molecule has 0 spiro atoms. The number of rotatable bonds is 4. The number of hydrogen-bond donors (Lipinski definition) is 2. The zero-order chi connectivity index (χ0) is 13.8. The lowest BCUT2D eigenvalue weighted by Gasteiger charge is -2.07. The van der Waals surface area contributed by atoms with Crippen LogP contribution in [0.5, 0.6) is 11.5 Å². The fourth-order valence-electron chi connectivity index (χ4n) is 1.66. The van der Waals surface area contributed by atoms with Gasteiger partial charge in [-0.1, -0.05) is 0 Å². The zero-order valence-corrected chi connectivity index (χ0v) is 10.8. The zero-order valence-electron chi connectivity index (χ0n) is 10.8. The molecule has 19 heavy (non-hydrogen) atoms. The summed E-state index contributed by atoms with van der Waals surface area (Å²) in [5.41, 5.74) is 1.07. The van der Waals surface area contributed by atoms with Crippen LogP contribution >= 0.6 is 0 Å². The molecule has 2 aromatic rings. The van der Waals surface area contributed by atoms with E-state index in [2.05, 4.69) is 10.4 Å². The normalized spacial score (nSPS) is 10.2. The van der Waals surface area contributed by atoms with Crippen molar-refractivity contribution >= 4 is 5.91 Å². The first-order valence-corrected chi connectivity index (χ1v) is 5.73. The molecule has 0 saturated carbocycles. The SMILES string of the molecule is COc1ccc(O)c(C(=O)NCc2cnn(C)c2)c1. The number of ether oxygens (including phenoxy) is 1. The van der Waals surface area contributed by atoms with E-state index >= 15 is 0 Å². The molecule has 2 N–H and O–H groups in total. The Bertz CT molecular complexity index is 593. The minimum atomic E-state index is -0.361. The Labute approximate surface area is 110 Å². The van der Waals surface area contributed by atoms with Crippen LogP contribution in [0.25, 0.3) is 0 Å². The molecular weight excluding hydrogens is 246 g/mol. The first-order valence-electron chi connectivity index (χ1n) is 5.73. The highest BCUT2D eigenvalue weighted by atomic mass is 16.5. The number of benzene rings is 1. The number of carbonyl (C=O) groups is 1. The van der Waals surface area contributed by atoms with Gasteiger partial charge in [0.2, 0.25) is 0 Å². The van der Waals surface area contributed by atoms with Gasteiger partial charge in [-0.25, -0.2) is 0 Å². The average Bonchev–Trinajstić information content (AvgIpc) is 2.82. The summed E-state index contributed by atoms with van der Waals surface area (Å²) in [7, 11) is 3.31. The van der Waals surface area contributed by atoms with Gasteiger partial charge in [-0.05, 0) is 18.2 Å². The van der Waals surface area contributed by atoms with E-state index in [-0.39, 0.29) is 17.2 Å². The number of aromatic nitrogens is 2.